The quantitative estimate of drug-likeness (QED) is 0.795. The van der Waals surface area contributed by atoms with Crippen molar-refractivity contribution >= 4 is 11.7 Å². The second-order valence-corrected chi connectivity index (χ2v) is 4.39. The first-order valence-electron chi connectivity index (χ1n) is 6.07. The maximum Gasteiger partial charge on any atom is 0.274 e. The van der Waals surface area contributed by atoms with Crippen molar-refractivity contribution in [3.8, 4) is 0 Å². The first-order valence-corrected chi connectivity index (χ1v) is 6.07. The van der Waals surface area contributed by atoms with Gasteiger partial charge in [0.05, 0.1) is 0 Å². The van der Waals surface area contributed by atoms with Crippen molar-refractivity contribution in [3.05, 3.63) is 17.8 Å². The minimum atomic E-state index is -0.0937. The molecule has 0 aromatic carbocycles. The maximum absolute atomic E-state index is 12.1. The monoisotopic (exact) mass is 251 g/mol. The van der Waals surface area contributed by atoms with Crippen LogP contribution < -0.4 is 5.73 Å². The smallest absolute Gasteiger partial charge is 0.274 e. The van der Waals surface area contributed by atoms with Gasteiger partial charge in [-0.25, -0.2) is 0 Å². The molecule has 0 aliphatic rings. The van der Waals surface area contributed by atoms with E-state index in [1.165, 1.54) is 0 Å². The Morgan fingerprint density at radius 1 is 1.28 bits per heavy atom. The van der Waals surface area contributed by atoms with Gasteiger partial charge in [0.15, 0.2) is 5.69 Å². The van der Waals surface area contributed by atoms with Crippen LogP contribution in [0, 0.1) is 0 Å². The van der Waals surface area contributed by atoms with Crippen LogP contribution in [0.25, 0.3) is 0 Å². The van der Waals surface area contributed by atoms with Gasteiger partial charge in [0.25, 0.3) is 5.91 Å². The maximum atomic E-state index is 12.1. The molecule has 0 atom stereocenters. The zero-order chi connectivity index (χ0) is 13.5. The summed E-state index contributed by atoms with van der Waals surface area (Å²) in [6.45, 7) is 4.30. The van der Waals surface area contributed by atoms with E-state index in [9.17, 15) is 4.79 Å². The van der Waals surface area contributed by atoms with Gasteiger partial charge in [0.1, 0.15) is 5.82 Å². The number of rotatable bonds is 6. The normalized spacial score (nSPS) is 10.7. The Kier molecular flexibility index (Phi) is 5.51. The van der Waals surface area contributed by atoms with E-state index in [0.29, 0.717) is 18.1 Å². The van der Waals surface area contributed by atoms with E-state index in [-0.39, 0.29) is 5.91 Å². The first kappa shape index (κ1) is 14.4. The molecular formula is C12H21N5O. The van der Waals surface area contributed by atoms with Gasteiger partial charge in [-0.2, -0.15) is 0 Å². The molecule has 1 aromatic heterocycles. The average molecular weight is 251 g/mol. The summed E-state index contributed by atoms with van der Waals surface area (Å²) in [6.07, 6.45) is 0.939. The number of amides is 1. The lowest BCUT2D eigenvalue weighted by molar-refractivity contribution is 0.0752. The van der Waals surface area contributed by atoms with Crippen LogP contribution in [-0.4, -0.2) is 59.6 Å². The van der Waals surface area contributed by atoms with Gasteiger partial charge in [-0.15, -0.1) is 10.2 Å². The molecule has 0 saturated heterocycles. The molecular weight excluding hydrogens is 230 g/mol. The number of carbonyl (C=O) groups is 1. The Morgan fingerprint density at radius 2 is 2.00 bits per heavy atom. The average Bonchev–Trinajstić information content (AvgIpc) is 2.34. The molecule has 1 amide bonds. The van der Waals surface area contributed by atoms with E-state index < -0.39 is 0 Å². The predicted octanol–water partition coefficient (Wildman–Crippen LogP) is 0.473. The fourth-order valence-corrected chi connectivity index (χ4v) is 1.60. The van der Waals surface area contributed by atoms with Crippen molar-refractivity contribution in [2.75, 3.05) is 39.5 Å². The third kappa shape index (κ3) is 4.29. The summed E-state index contributed by atoms with van der Waals surface area (Å²) in [6, 6.07) is 3.20. The van der Waals surface area contributed by atoms with Crippen molar-refractivity contribution in [1.82, 2.24) is 20.0 Å². The van der Waals surface area contributed by atoms with E-state index in [0.717, 1.165) is 19.5 Å². The zero-order valence-electron chi connectivity index (χ0n) is 11.3. The second-order valence-electron chi connectivity index (χ2n) is 4.39. The van der Waals surface area contributed by atoms with Crippen LogP contribution >= 0.6 is 0 Å². The molecule has 0 bridgehead atoms. The zero-order valence-corrected chi connectivity index (χ0v) is 11.3. The minimum Gasteiger partial charge on any atom is -0.382 e. The number of nitrogens with two attached hydrogens (primary N) is 1. The summed E-state index contributed by atoms with van der Waals surface area (Å²) < 4.78 is 0. The summed E-state index contributed by atoms with van der Waals surface area (Å²) >= 11 is 0. The molecule has 6 heteroatoms. The fraction of sp³-hybridized carbons (Fsp3) is 0.583. The van der Waals surface area contributed by atoms with E-state index >= 15 is 0 Å². The molecule has 0 saturated carbocycles. The predicted molar refractivity (Wildman–Crippen MR) is 71.2 cm³/mol. The second kappa shape index (κ2) is 6.90. The summed E-state index contributed by atoms with van der Waals surface area (Å²) in [4.78, 5) is 16.0. The van der Waals surface area contributed by atoms with Crippen molar-refractivity contribution in [2.24, 2.45) is 0 Å². The van der Waals surface area contributed by atoms with E-state index in [2.05, 4.69) is 15.1 Å². The molecule has 0 unspecified atom stereocenters. The molecule has 1 rings (SSSR count). The highest BCUT2D eigenvalue weighted by atomic mass is 16.2. The molecule has 1 heterocycles. The number of hydrogen-bond acceptors (Lipinski definition) is 5. The lowest BCUT2D eigenvalue weighted by Crippen LogP contribution is -2.34. The van der Waals surface area contributed by atoms with Crippen LogP contribution in [-0.2, 0) is 0 Å². The standard InChI is InChI=1S/C12H21N5O/c1-4-17(9-5-8-16(2)3)12(18)10-6-7-11(13)15-14-10/h6-7H,4-5,8-9H2,1-3H3,(H2,13,15). The van der Waals surface area contributed by atoms with Crippen molar-refractivity contribution in [1.29, 1.82) is 0 Å². The number of nitrogens with zero attached hydrogens (tertiary/aromatic N) is 4. The Bertz CT molecular complexity index is 377. The van der Waals surface area contributed by atoms with E-state index in [1.807, 2.05) is 21.0 Å². The molecule has 0 spiro atoms. The Labute approximate surface area is 108 Å². The highest BCUT2D eigenvalue weighted by molar-refractivity contribution is 5.92. The number of carbonyl (C=O) groups excluding carboxylic acids is 1. The molecule has 0 fully saturated rings. The van der Waals surface area contributed by atoms with Gasteiger partial charge in [-0.05, 0) is 46.1 Å². The third-order valence-corrected chi connectivity index (χ3v) is 2.61. The van der Waals surface area contributed by atoms with Crippen LogP contribution in [0.2, 0.25) is 0 Å². The number of aromatic nitrogens is 2. The van der Waals surface area contributed by atoms with Gasteiger partial charge < -0.3 is 15.5 Å². The SMILES string of the molecule is CCN(CCCN(C)C)C(=O)c1ccc(N)nn1. The summed E-state index contributed by atoms with van der Waals surface area (Å²) in [5.74, 6) is 0.228. The van der Waals surface area contributed by atoms with Gasteiger partial charge in [-0.1, -0.05) is 0 Å². The molecule has 0 radical (unpaired) electrons. The van der Waals surface area contributed by atoms with E-state index in [1.54, 1.807) is 17.0 Å². The Morgan fingerprint density at radius 3 is 2.50 bits per heavy atom. The molecule has 18 heavy (non-hydrogen) atoms. The van der Waals surface area contributed by atoms with Crippen LogP contribution in [0.3, 0.4) is 0 Å². The van der Waals surface area contributed by atoms with Gasteiger partial charge >= 0.3 is 0 Å². The van der Waals surface area contributed by atoms with E-state index in [4.69, 9.17) is 5.73 Å². The third-order valence-electron chi connectivity index (χ3n) is 2.61. The minimum absolute atomic E-state index is 0.0937. The summed E-state index contributed by atoms with van der Waals surface area (Å²) in [5.41, 5.74) is 5.79. The largest absolute Gasteiger partial charge is 0.382 e. The Balaban J connectivity index is 2.59. The van der Waals surface area contributed by atoms with Crippen molar-refractivity contribution < 1.29 is 4.79 Å². The lowest BCUT2D eigenvalue weighted by Gasteiger charge is -2.21. The molecule has 2 N–H and O–H groups in total. The molecule has 100 valence electrons. The van der Waals surface area contributed by atoms with Gasteiger partial charge in [0.2, 0.25) is 0 Å². The first-order chi connectivity index (χ1) is 8.54. The Hall–Kier alpha value is -1.69. The van der Waals surface area contributed by atoms with Crippen LogP contribution in [0.5, 0.6) is 0 Å². The molecule has 0 aliphatic carbocycles. The highest BCUT2D eigenvalue weighted by Crippen LogP contribution is 2.03. The van der Waals surface area contributed by atoms with Gasteiger partial charge in [-0.3, -0.25) is 4.79 Å². The molecule has 6 nitrogen and oxygen atoms in total. The lowest BCUT2D eigenvalue weighted by atomic mass is 10.3. The number of anilines is 1. The van der Waals surface area contributed by atoms with Crippen molar-refractivity contribution in [2.45, 2.75) is 13.3 Å². The molecule has 1 aromatic rings. The molecule has 0 aliphatic heterocycles. The van der Waals surface area contributed by atoms with Gasteiger partial charge in [0, 0.05) is 13.1 Å². The number of hydrogen-bond donors (Lipinski definition) is 1. The fourth-order valence-electron chi connectivity index (χ4n) is 1.60. The highest BCUT2D eigenvalue weighted by Gasteiger charge is 2.15. The van der Waals surface area contributed by atoms with Crippen molar-refractivity contribution in [3.63, 3.8) is 0 Å². The topological polar surface area (TPSA) is 75.3 Å². The summed E-state index contributed by atoms with van der Waals surface area (Å²) in [7, 11) is 4.03. The van der Waals surface area contributed by atoms with Crippen LogP contribution in [0.1, 0.15) is 23.8 Å². The summed E-state index contributed by atoms with van der Waals surface area (Å²) in [5, 5.41) is 7.51. The number of nitrogen functional groups attached to an aromatic ring is 1. The van der Waals surface area contributed by atoms with Crippen LogP contribution in [0.4, 0.5) is 5.82 Å². The van der Waals surface area contributed by atoms with Crippen LogP contribution in [0.15, 0.2) is 12.1 Å².